The summed E-state index contributed by atoms with van der Waals surface area (Å²) in [5.74, 6) is -0.328. The van der Waals surface area contributed by atoms with E-state index in [1.54, 1.807) is 6.92 Å². The van der Waals surface area contributed by atoms with Crippen LogP contribution in [-0.2, 0) is 9.53 Å². The molecule has 1 aromatic carbocycles. The first-order valence-electron chi connectivity index (χ1n) is 5.70. The third kappa shape index (κ3) is 4.22. The van der Waals surface area contributed by atoms with Crippen molar-refractivity contribution >= 4 is 11.7 Å². The zero-order valence-electron chi connectivity index (χ0n) is 10.7. The topological polar surface area (TPSA) is 98.9 Å². The van der Waals surface area contributed by atoms with E-state index in [1.165, 1.54) is 25.1 Å². The monoisotopic (exact) mass is 269 g/mol. The Morgan fingerprint density at radius 2 is 2.21 bits per heavy atom. The molecule has 19 heavy (non-hydrogen) atoms. The first-order valence-corrected chi connectivity index (χ1v) is 5.70. The molecule has 7 nitrogen and oxygen atoms in total. The third-order valence-electron chi connectivity index (χ3n) is 2.31. The van der Waals surface area contributed by atoms with Gasteiger partial charge in [-0.15, -0.1) is 0 Å². The van der Waals surface area contributed by atoms with Gasteiger partial charge in [-0.3, -0.25) is 10.1 Å². The second-order valence-corrected chi connectivity index (χ2v) is 3.75. The Hall–Kier alpha value is -2.15. The van der Waals surface area contributed by atoms with E-state index >= 15 is 0 Å². The van der Waals surface area contributed by atoms with Gasteiger partial charge in [-0.2, -0.15) is 0 Å². The number of aliphatic hydroxyl groups excluding tert-OH is 1. The van der Waals surface area contributed by atoms with Gasteiger partial charge in [0.15, 0.2) is 6.61 Å². The quantitative estimate of drug-likeness (QED) is 0.478. The Balaban J connectivity index is 2.88. The Labute approximate surface area is 109 Å². The molecule has 0 bridgehead atoms. The third-order valence-corrected chi connectivity index (χ3v) is 2.31. The van der Waals surface area contributed by atoms with Crippen LogP contribution >= 0.6 is 0 Å². The van der Waals surface area contributed by atoms with Crippen LogP contribution in [0.5, 0.6) is 5.75 Å². The second kappa shape index (κ2) is 6.69. The van der Waals surface area contributed by atoms with E-state index in [9.17, 15) is 20.0 Å². The number of esters is 1. The van der Waals surface area contributed by atoms with Crippen LogP contribution in [0.3, 0.4) is 0 Å². The number of nitro benzene ring substituents is 1. The zero-order valence-corrected chi connectivity index (χ0v) is 10.7. The summed E-state index contributed by atoms with van der Waals surface area (Å²) in [6.07, 6.45) is -0.947. The lowest BCUT2D eigenvalue weighted by atomic mass is 10.1. The molecule has 104 valence electrons. The number of ether oxygens (including phenoxy) is 2. The maximum absolute atomic E-state index is 11.2. The molecule has 0 fully saturated rings. The first-order chi connectivity index (χ1) is 8.95. The predicted molar refractivity (Wildman–Crippen MR) is 65.9 cm³/mol. The smallest absolute Gasteiger partial charge is 0.344 e. The minimum atomic E-state index is -0.947. The number of hydrogen-bond donors (Lipinski definition) is 1. The minimum absolute atomic E-state index is 0.153. The molecule has 0 aromatic heterocycles. The number of carbonyl (C=O) groups excluding carboxylic acids is 1. The van der Waals surface area contributed by atoms with E-state index in [0.717, 1.165) is 0 Å². The SMILES string of the molecule is CCOC(=O)COc1ccc([N+](=O)[O-])cc1C(C)O. The van der Waals surface area contributed by atoms with Crippen molar-refractivity contribution in [1.82, 2.24) is 0 Å². The summed E-state index contributed by atoms with van der Waals surface area (Å²) in [6, 6.07) is 3.80. The van der Waals surface area contributed by atoms with Gasteiger partial charge in [0.2, 0.25) is 0 Å². The van der Waals surface area contributed by atoms with Crippen molar-refractivity contribution in [3.8, 4) is 5.75 Å². The Morgan fingerprint density at radius 1 is 1.53 bits per heavy atom. The Morgan fingerprint density at radius 3 is 2.74 bits per heavy atom. The van der Waals surface area contributed by atoms with Crippen molar-refractivity contribution in [2.75, 3.05) is 13.2 Å². The fourth-order valence-corrected chi connectivity index (χ4v) is 1.45. The molecule has 1 rings (SSSR count). The van der Waals surface area contributed by atoms with Crippen LogP contribution < -0.4 is 4.74 Å². The lowest BCUT2D eigenvalue weighted by molar-refractivity contribution is -0.385. The van der Waals surface area contributed by atoms with Gasteiger partial charge in [-0.1, -0.05) is 0 Å². The Bertz CT molecular complexity index is 471. The minimum Gasteiger partial charge on any atom is -0.482 e. The summed E-state index contributed by atoms with van der Waals surface area (Å²) in [6.45, 7) is 3.05. The van der Waals surface area contributed by atoms with Crippen LogP contribution in [0.4, 0.5) is 5.69 Å². The molecular weight excluding hydrogens is 254 g/mol. The van der Waals surface area contributed by atoms with Crippen LogP contribution in [0.2, 0.25) is 0 Å². The van der Waals surface area contributed by atoms with Crippen molar-refractivity contribution in [2.45, 2.75) is 20.0 Å². The molecule has 0 heterocycles. The van der Waals surface area contributed by atoms with Crippen molar-refractivity contribution in [1.29, 1.82) is 0 Å². The number of nitro groups is 1. The molecule has 0 saturated carbocycles. The highest BCUT2D eigenvalue weighted by molar-refractivity contribution is 5.71. The fraction of sp³-hybridized carbons (Fsp3) is 0.417. The van der Waals surface area contributed by atoms with Gasteiger partial charge >= 0.3 is 5.97 Å². The molecule has 1 aromatic rings. The number of benzene rings is 1. The number of aliphatic hydroxyl groups is 1. The fourth-order valence-electron chi connectivity index (χ4n) is 1.45. The zero-order chi connectivity index (χ0) is 14.4. The van der Waals surface area contributed by atoms with Crippen molar-refractivity contribution < 1.29 is 24.3 Å². The van der Waals surface area contributed by atoms with Gasteiger partial charge in [0.05, 0.1) is 17.6 Å². The molecule has 0 saturated heterocycles. The van der Waals surface area contributed by atoms with Crippen molar-refractivity contribution in [3.63, 3.8) is 0 Å². The number of nitrogens with zero attached hydrogens (tertiary/aromatic N) is 1. The number of rotatable bonds is 6. The average Bonchev–Trinajstić information content (AvgIpc) is 2.36. The maximum Gasteiger partial charge on any atom is 0.344 e. The highest BCUT2D eigenvalue weighted by Gasteiger charge is 2.16. The molecule has 1 atom stereocenters. The summed E-state index contributed by atoms with van der Waals surface area (Å²) in [5.41, 5.74) is 0.0953. The lowest BCUT2D eigenvalue weighted by Gasteiger charge is -2.12. The normalized spacial score (nSPS) is 11.7. The number of carbonyl (C=O) groups is 1. The van der Waals surface area contributed by atoms with E-state index in [-0.39, 0.29) is 30.2 Å². The second-order valence-electron chi connectivity index (χ2n) is 3.75. The van der Waals surface area contributed by atoms with E-state index in [0.29, 0.717) is 0 Å². The summed E-state index contributed by atoms with van der Waals surface area (Å²) in [7, 11) is 0. The van der Waals surface area contributed by atoms with E-state index in [4.69, 9.17) is 9.47 Å². The van der Waals surface area contributed by atoms with Crippen molar-refractivity contribution in [2.24, 2.45) is 0 Å². The van der Waals surface area contributed by atoms with Gasteiger partial charge in [0, 0.05) is 17.7 Å². The van der Waals surface area contributed by atoms with Gasteiger partial charge in [-0.25, -0.2) is 4.79 Å². The predicted octanol–water partition coefficient (Wildman–Crippen LogP) is 1.59. The highest BCUT2D eigenvalue weighted by Crippen LogP contribution is 2.29. The summed E-state index contributed by atoms with van der Waals surface area (Å²) >= 11 is 0. The molecule has 0 amide bonds. The van der Waals surface area contributed by atoms with Gasteiger partial charge < -0.3 is 14.6 Å². The summed E-state index contributed by atoms with van der Waals surface area (Å²) in [5, 5.41) is 20.2. The molecule has 1 unspecified atom stereocenters. The number of hydrogen-bond acceptors (Lipinski definition) is 6. The maximum atomic E-state index is 11.2. The summed E-state index contributed by atoms with van der Waals surface area (Å²) < 4.78 is 9.88. The molecule has 1 N–H and O–H groups in total. The summed E-state index contributed by atoms with van der Waals surface area (Å²) in [4.78, 5) is 21.2. The highest BCUT2D eigenvalue weighted by atomic mass is 16.6. The van der Waals surface area contributed by atoms with Crippen molar-refractivity contribution in [3.05, 3.63) is 33.9 Å². The molecule has 0 radical (unpaired) electrons. The lowest BCUT2D eigenvalue weighted by Crippen LogP contribution is -2.15. The van der Waals surface area contributed by atoms with Gasteiger partial charge in [-0.05, 0) is 19.9 Å². The molecule has 0 spiro atoms. The van der Waals surface area contributed by atoms with Gasteiger partial charge in [0.1, 0.15) is 5.75 Å². The first kappa shape index (κ1) is 14.9. The van der Waals surface area contributed by atoms with Gasteiger partial charge in [0.25, 0.3) is 5.69 Å². The van der Waals surface area contributed by atoms with Crippen LogP contribution in [-0.4, -0.2) is 29.2 Å². The van der Waals surface area contributed by atoms with E-state index < -0.39 is 17.0 Å². The van der Waals surface area contributed by atoms with Crippen LogP contribution in [0.15, 0.2) is 18.2 Å². The number of non-ortho nitro benzene ring substituents is 1. The molecule has 0 aliphatic heterocycles. The van der Waals surface area contributed by atoms with Crippen LogP contribution in [0, 0.1) is 10.1 Å². The molecular formula is C12H15NO6. The van der Waals surface area contributed by atoms with E-state index in [1.807, 2.05) is 0 Å². The Kier molecular flexibility index (Phi) is 5.25. The molecule has 0 aliphatic rings. The van der Waals surface area contributed by atoms with Crippen LogP contribution in [0.25, 0.3) is 0 Å². The largest absolute Gasteiger partial charge is 0.482 e. The standard InChI is InChI=1S/C12H15NO6/c1-3-18-12(15)7-19-11-5-4-9(13(16)17)6-10(11)8(2)14/h4-6,8,14H,3,7H2,1-2H3. The van der Waals surface area contributed by atoms with E-state index in [2.05, 4.69) is 0 Å². The molecule has 7 heteroatoms. The van der Waals surface area contributed by atoms with Crippen LogP contribution in [0.1, 0.15) is 25.5 Å². The molecule has 0 aliphatic carbocycles. The average molecular weight is 269 g/mol.